The number of amides is 2. The highest BCUT2D eigenvalue weighted by molar-refractivity contribution is 7.90. The van der Waals surface area contributed by atoms with Crippen molar-refractivity contribution in [1.82, 2.24) is 59.8 Å². The molecule has 0 aliphatic heterocycles. The molecule has 0 radical (unpaired) electrons. The van der Waals surface area contributed by atoms with Crippen LogP contribution < -0.4 is 30.4 Å². The van der Waals surface area contributed by atoms with Gasteiger partial charge in [-0.05, 0) is 182 Å². The lowest BCUT2D eigenvalue weighted by Crippen LogP contribution is -2.10. The molecule has 0 spiro atoms. The Morgan fingerprint density at radius 3 is 0.694 bits per heavy atom. The highest BCUT2D eigenvalue weighted by Gasteiger charge is 2.32. The van der Waals surface area contributed by atoms with Crippen molar-refractivity contribution in [3.8, 4) is 195 Å². The van der Waals surface area contributed by atoms with Gasteiger partial charge >= 0.3 is 18.3 Å². The molecule has 0 unspecified atom stereocenters. The van der Waals surface area contributed by atoms with Crippen LogP contribution in [0.4, 0.5) is 26.3 Å². The number of aromatic nitrogens is 12. The van der Waals surface area contributed by atoms with E-state index in [9.17, 15) is 69.6 Å². The van der Waals surface area contributed by atoms with Crippen molar-refractivity contribution in [3.05, 3.63) is 306 Å². The Bertz CT molecular complexity index is 7070. The maximum atomic E-state index is 13.0. The van der Waals surface area contributed by atoms with Crippen molar-refractivity contribution >= 4 is 27.6 Å². The monoisotopic (exact) mass is 1830 g/mol. The first kappa shape index (κ1) is 93.6. The Kier molecular flexibility index (Phi) is 28.3. The van der Waals surface area contributed by atoms with E-state index in [1.54, 1.807) is 170 Å². The van der Waals surface area contributed by atoms with E-state index in [2.05, 4.69) is 71.9 Å². The Hall–Kier alpha value is -18.0. The number of nitriles is 2. The van der Waals surface area contributed by atoms with Crippen LogP contribution in [0.5, 0.6) is 46.0 Å². The number of rotatable bonds is 20. The van der Waals surface area contributed by atoms with Gasteiger partial charge in [0.25, 0.3) is 0 Å². The Morgan fingerprint density at radius 1 is 0.306 bits per heavy atom. The summed E-state index contributed by atoms with van der Waals surface area (Å²) in [5.74, 6) is 2.45. The molecular formula is C97H70F6N16O14S. The molecule has 4 heterocycles. The standard InChI is InChI=1S/C25H21N3O6S.C24H15F6N3O2.C24H19N5O4.C24H15N5O2/c1-33-18-10-13-20(21(29)14-18)24-27-22(15-4-6-17(7-5-15)25(30)34-2)26-23(28-24)16-8-11-19(12-9-16)35(3,31)32;1-35-17-10-11-18(19(34)12-17)22-32-20(13-2-6-15(7-3-13)23(25,26)27)31-21(33-22)14-4-8-16(9-5-14)24(28,29)30;1-33-17-10-11-18(19(30)12-17)24-28-22(15-6-2-13(3-7-15)20(25)31)27-23(29-24)16-8-4-14(5-9-16)21(26)32;1-31-19-10-11-20(21(30)12-19)24-28-22(17-6-2-15(13-25)3-7-17)27-23(29-24)18-8-4-16(14-26)5-9-18/h4-14,29H,1-3H3;2-12,34H,1H3;2-12,30H,1H3,(H2,25,31)(H2,26,32);2-12,30H,1H3. The van der Waals surface area contributed by atoms with E-state index in [1.165, 1.54) is 108 Å². The maximum absolute atomic E-state index is 13.0. The number of carbonyl (C=O) groups is 3. The second-order valence-electron chi connectivity index (χ2n) is 28.5. The van der Waals surface area contributed by atoms with Crippen molar-refractivity contribution in [2.75, 3.05) is 41.8 Å². The van der Waals surface area contributed by atoms with Gasteiger partial charge in [-0.2, -0.15) is 36.9 Å². The van der Waals surface area contributed by atoms with Gasteiger partial charge in [-0.25, -0.2) is 73.0 Å². The number of nitrogens with zero attached hydrogens (tertiary/aromatic N) is 14. The number of sulfone groups is 1. The van der Waals surface area contributed by atoms with Crippen LogP contribution in [0.2, 0.25) is 0 Å². The molecule has 670 valence electrons. The molecule has 0 bridgehead atoms. The third-order valence-electron chi connectivity index (χ3n) is 19.8. The van der Waals surface area contributed by atoms with Gasteiger partial charge in [0.1, 0.15) is 46.0 Å². The van der Waals surface area contributed by atoms with Gasteiger partial charge in [-0.3, -0.25) is 9.59 Å². The third-order valence-corrected chi connectivity index (χ3v) is 20.9. The number of halogens is 6. The zero-order valence-electron chi connectivity index (χ0n) is 70.9. The second-order valence-corrected chi connectivity index (χ2v) is 30.6. The van der Waals surface area contributed by atoms with Crippen LogP contribution in [0.1, 0.15) is 53.3 Å². The van der Waals surface area contributed by atoms with E-state index in [0.717, 1.165) is 30.5 Å². The van der Waals surface area contributed by atoms with Gasteiger partial charge in [0.2, 0.25) is 11.8 Å². The fraction of sp³-hybridized carbons (Fsp3) is 0.0825. The van der Waals surface area contributed by atoms with Gasteiger partial charge in [-0.1, -0.05) is 60.7 Å². The average molecular weight is 1830 g/mol. The van der Waals surface area contributed by atoms with Crippen molar-refractivity contribution in [3.63, 3.8) is 0 Å². The highest BCUT2D eigenvalue weighted by atomic mass is 32.2. The number of alkyl halides is 6. The molecule has 0 fully saturated rings. The first-order chi connectivity index (χ1) is 64.1. The van der Waals surface area contributed by atoms with E-state index >= 15 is 0 Å². The SMILES string of the molecule is COC(=O)c1ccc(-c2nc(-c3ccc(S(C)(=O)=O)cc3)nc(-c3ccc(OC)cc3O)n2)cc1.COc1ccc(-c2nc(-c3ccc(C#N)cc3)nc(-c3ccc(C#N)cc3)n2)c(O)c1.COc1ccc(-c2nc(-c3ccc(C(F)(F)F)cc3)nc(-c3ccc(C(F)(F)F)cc3)n2)c(O)c1.COc1ccc(-c2nc(-c3ccc(C(N)=O)cc3)nc(-c3ccc(C(N)=O)cc3)n2)c(O)c1. The molecule has 0 saturated carbocycles. The Morgan fingerprint density at radius 2 is 0.507 bits per heavy atom. The van der Waals surface area contributed by atoms with Crippen LogP contribution in [0.25, 0.3) is 137 Å². The minimum absolute atomic E-state index is 0.0258. The number of hydrogen-bond acceptors (Lipinski definition) is 28. The summed E-state index contributed by atoms with van der Waals surface area (Å²) in [7, 11) is 3.85. The van der Waals surface area contributed by atoms with Crippen LogP contribution in [0.3, 0.4) is 0 Å². The summed E-state index contributed by atoms with van der Waals surface area (Å²) < 4.78 is 127. The maximum Gasteiger partial charge on any atom is 0.416 e. The lowest BCUT2D eigenvalue weighted by Gasteiger charge is -2.12. The minimum atomic E-state index is -4.54. The number of esters is 1. The summed E-state index contributed by atoms with van der Waals surface area (Å²) in [5, 5.41) is 60.1. The van der Waals surface area contributed by atoms with E-state index in [0.29, 0.717) is 130 Å². The molecule has 2 amide bonds. The van der Waals surface area contributed by atoms with Gasteiger partial charge < -0.3 is 55.6 Å². The summed E-state index contributed by atoms with van der Waals surface area (Å²) >= 11 is 0. The smallest absolute Gasteiger partial charge is 0.416 e. The van der Waals surface area contributed by atoms with E-state index in [1.807, 2.05) is 0 Å². The molecule has 8 N–H and O–H groups in total. The van der Waals surface area contributed by atoms with Gasteiger partial charge in [0.15, 0.2) is 79.7 Å². The summed E-state index contributed by atoms with van der Waals surface area (Å²) in [6.07, 6.45) is -7.95. The number of primary amides is 2. The van der Waals surface area contributed by atoms with E-state index in [4.69, 9.17) is 45.7 Å². The summed E-state index contributed by atoms with van der Waals surface area (Å²) in [5.41, 5.74) is 16.6. The van der Waals surface area contributed by atoms with Crippen molar-refractivity contribution < 1.29 is 93.3 Å². The molecule has 16 aromatic rings. The van der Waals surface area contributed by atoms with Gasteiger partial charge in [-0.15, -0.1) is 0 Å². The largest absolute Gasteiger partial charge is 0.507 e. The summed E-state index contributed by atoms with van der Waals surface area (Å²) in [4.78, 5) is 88.4. The van der Waals surface area contributed by atoms with Crippen LogP contribution >= 0.6 is 0 Å². The number of hydrogen-bond donors (Lipinski definition) is 6. The third kappa shape index (κ3) is 22.6. The molecule has 0 aliphatic rings. The van der Waals surface area contributed by atoms with Gasteiger partial charge in [0, 0.05) is 86.2 Å². The summed E-state index contributed by atoms with van der Waals surface area (Å²) in [6, 6.07) is 70.5. The molecule has 0 saturated heterocycles. The van der Waals surface area contributed by atoms with E-state index < -0.39 is 51.1 Å². The Labute approximate surface area is 758 Å². The first-order valence-electron chi connectivity index (χ1n) is 39.3. The average Bonchev–Trinajstić information content (AvgIpc) is 0.794. The molecule has 0 atom stereocenters. The van der Waals surface area contributed by atoms with Crippen molar-refractivity contribution in [2.24, 2.45) is 11.5 Å². The predicted molar refractivity (Wildman–Crippen MR) is 478 cm³/mol. The quantitative estimate of drug-likeness (QED) is 0.0305. The lowest BCUT2D eigenvalue weighted by molar-refractivity contribution is -0.138. The first-order valence-corrected chi connectivity index (χ1v) is 41.2. The molecule has 30 nitrogen and oxygen atoms in total. The van der Waals surface area contributed by atoms with Crippen LogP contribution in [0, 0.1) is 22.7 Å². The highest BCUT2D eigenvalue weighted by Crippen LogP contribution is 2.41. The number of benzene rings is 12. The molecule has 0 aliphatic carbocycles. The molecule has 4 aromatic heterocycles. The molecule has 134 heavy (non-hydrogen) atoms. The Balaban J connectivity index is 0.000000152. The number of methoxy groups -OCH3 is 5. The van der Waals surface area contributed by atoms with E-state index in [-0.39, 0.29) is 85.4 Å². The normalized spacial score (nSPS) is 11.0. The fourth-order valence-corrected chi connectivity index (χ4v) is 13.3. The van der Waals surface area contributed by atoms with Gasteiger partial charge in [0.05, 0.1) is 103 Å². The minimum Gasteiger partial charge on any atom is -0.507 e. The number of phenols is 4. The zero-order valence-corrected chi connectivity index (χ0v) is 71.7. The molecular weight excluding hydrogens is 1760 g/mol. The number of phenolic OH excluding ortho intramolecular Hbond substituents is 4. The fourth-order valence-electron chi connectivity index (χ4n) is 12.6. The summed E-state index contributed by atoms with van der Waals surface area (Å²) in [6.45, 7) is 0. The molecule has 37 heteroatoms. The zero-order chi connectivity index (χ0) is 95.9. The van der Waals surface area contributed by atoms with Crippen molar-refractivity contribution in [1.29, 1.82) is 10.5 Å². The topological polar surface area (TPSA) is 467 Å². The molecule has 12 aromatic carbocycles. The predicted octanol–water partition coefficient (Wildman–Crippen LogP) is 17.5. The van der Waals surface area contributed by atoms with Crippen molar-refractivity contribution in [2.45, 2.75) is 17.2 Å². The molecule has 16 rings (SSSR count). The lowest BCUT2D eigenvalue weighted by atomic mass is 10.1. The number of ether oxygens (including phenoxy) is 5. The van der Waals surface area contributed by atoms with Crippen LogP contribution in [0.15, 0.2) is 272 Å². The number of aromatic hydroxyl groups is 4. The van der Waals surface area contributed by atoms with Crippen LogP contribution in [-0.2, 0) is 26.9 Å². The van der Waals surface area contributed by atoms with Crippen LogP contribution in [-0.4, -0.2) is 148 Å². The second kappa shape index (κ2) is 40.5. The number of nitrogens with two attached hydrogens (primary N) is 2. The number of carbonyl (C=O) groups excluding carboxylic acids is 3.